The fourth-order valence-corrected chi connectivity index (χ4v) is 3.48. The largest absolute Gasteiger partial charge is 0.457 e. The van der Waals surface area contributed by atoms with Gasteiger partial charge in [0, 0.05) is 41.2 Å². The molecule has 0 spiro atoms. The highest BCUT2D eigenvalue weighted by Gasteiger charge is 2.13. The molecule has 1 unspecified atom stereocenters. The van der Waals surface area contributed by atoms with Crippen LogP contribution in [0, 0.1) is 3.57 Å². The van der Waals surface area contributed by atoms with Gasteiger partial charge in [0.15, 0.2) is 0 Å². The van der Waals surface area contributed by atoms with Gasteiger partial charge in [-0.15, -0.1) is 0 Å². The van der Waals surface area contributed by atoms with Gasteiger partial charge >= 0.3 is 0 Å². The summed E-state index contributed by atoms with van der Waals surface area (Å²) in [6.07, 6.45) is 0.443. The zero-order valence-corrected chi connectivity index (χ0v) is 19.9. The molecule has 2 aromatic carbocycles. The number of nitrogens with zero attached hydrogens (tertiary/aromatic N) is 3. The molecule has 0 saturated heterocycles. The molecule has 4 N–H and O–H groups in total. The second-order valence-corrected chi connectivity index (χ2v) is 8.55. The van der Waals surface area contributed by atoms with E-state index in [0.717, 1.165) is 20.3 Å². The van der Waals surface area contributed by atoms with Crippen molar-refractivity contribution in [3.63, 3.8) is 0 Å². The molecular weight excluding hydrogens is 537 g/mol. The van der Waals surface area contributed by atoms with E-state index in [1.165, 1.54) is 12.3 Å². The van der Waals surface area contributed by atoms with E-state index in [4.69, 9.17) is 9.84 Å². The first-order valence-electron chi connectivity index (χ1n) is 10.1. The standard InChI is InChI=1S/C23H22IN5O4/c1-29-21-7-6-17(10-19(21)28-23(29)27-15-4-2-14(24)3-5-15)33-18-8-9-25-20(11-18)22(32)26-12-16(31)13-30/h2-11,16,30-31H,12-13H2,1H3,(H,26,32)(H,27,28). The van der Waals surface area contributed by atoms with E-state index in [1.807, 2.05) is 54.1 Å². The van der Waals surface area contributed by atoms with E-state index in [9.17, 15) is 9.90 Å². The maximum Gasteiger partial charge on any atom is 0.270 e. The van der Waals surface area contributed by atoms with Crippen molar-refractivity contribution in [1.82, 2.24) is 19.9 Å². The summed E-state index contributed by atoms with van der Waals surface area (Å²) in [6.45, 7) is -0.508. The van der Waals surface area contributed by atoms with Crippen LogP contribution in [0.5, 0.6) is 11.5 Å². The van der Waals surface area contributed by atoms with Crippen LogP contribution in [-0.2, 0) is 7.05 Å². The number of aromatic nitrogens is 3. The number of pyridine rings is 1. The van der Waals surface area contributed by atoms with Crippen molar-refractivity contribution in [2.24, 2.45) is 7.05 Å². The Morgan fingerprint density at radius 2 is 1.91 bits per heavy atom. The molecule has 1 atom stereocenters. The number of aryl methyl sites for hydroxylation is 1. The molecule has 0 aliphatic carbocycles. The molecule has 33 heavy (non-hydrogen) atoms. The number of carbonyl (C=O) groups excluding carboxylic acids is 1. The molecule has 0 radical (unpaired) electrons. The first-order chi connectivity index (χ1) is 15.9. The lowest BCUT2D eigenvalue weighted by Gasteiger charge is -2.10. The summed E-state index contributed by atoms with van der Waals surface area (Å²) in [5.41, 5.74) is 2.78. The topological polar surface area (TPSA) is 122 Å². The Labute approximate surface area is 203 Å². The van der Waals surface area contributed by atoms with Crippen LogP contribution < -0.4 is 15.4 Å². The number of aliphatic hydroxyl groups is 2. The van der Waals surface area contributed by atoms with E-state index in [2.05, 4.69) is 43.2 Å². The second kappa shape index (κ2) is 10.1. The first kappa shape index (κ1) is 23.0. The van der Waals surface area contributed by atoms with Crippen LogP contribution in [0.15, 0.2) is 60.8 Å². The molecule has 0 saturated carbocycles. The van der Waals surface area contributed by atoms with Gasteiger partial charge < -0.3 is 30.2 Å². The predicted molar refractivity (Wildman–Crippen MR) is 133 cm³/mol. The number of rotatable bonds is 8. The highest BCUT2D eigenvalue weighted by Crippen LogP contribution is 2.28. The first-order valence-corrected chi connectivity index (χ1v) is 11.2. The monoisotopic (exact) mass is 559 g/mol. The van der Waals surface area contributed by atoms with E-state index < -0.39 is 18.6 Å². The van der Waals surface area contributed by atoms with Crippen molar-refractivity contribution in [2.75, 3.05) is 18.5 Å². The molecule has 0 aliphatic heterocycles. The number of anilines is 2. The Hall–Kier alpha value is -3.22. The minimum Gasteiger partial charge on any atom is -0.457 e. The third-order valence-corrected chi connectivity index (χ3v) is 5.58. The molecule has 2 heterocycles. The van der Waals surface area contributed by atoms with Crippen molar-refractivity contribution in [3.8, 4) is 11.5 Å². The van der Waals surface area contributed by atoms with E-state index in [-0.39, 0.29) is 12.2 Å². The summed E-state index contributed by atoms with van der Waals surface area (Å²) in [4.78, 5) is 20.9. The van der Waals surface area contributed by atoms with Gasteiger partial charge in [-0.25, -0.2) is 4.98 Å². The lowest BCUT2D eigenvalue weighted by Crippen LogP contribution is -2.34. The number of imidazole rings is 1. The van der Waals surface area contributed by atoms with Crippen LogP contribution in [0.1, 0.15) is 10.5 Å². The summed E-state index contributed by atoms with van der Waals surface area (Å²) in [7, 11) is 1.94. The average Bonchev–Trinajstić information content (AvgIpc) is 3.13. The van der Waals surface area contributed by atoms with Gasteiger partial charge in [-0.2, -0.15) is 0 Å². The number of fused-ring (bicyclic) bond motifs is 1. The lowest BCUT2D eigenvalue weighted by atomic mass is 10.3. The quantitative estimate of drug-likeness (QED) is 0.245. The summed E-state index contributed by atoms with van der Waals surface area (Å²) in [5, 5.41) is 24.1. The van der Waals surface area contributed by atoms with Crippen LogP contribution in [-0.4, -0.2) is 49.9 Å². The minimum atomic E-state index is -1.02. The van der Waals surface area contributed by atoms with Gasteiger partial charge in [0.2, 0.25) is 5.95 Å². The van der Waals surface area contributed by atoms with Crippen LogP contribution >= 0.6 is 22.6 Å². The van der Waals surface area contributed by atoms with Crippen LogP contribution in [0.2, 0.25) is 0 Å². The van der Waals surface area contributed by atoms with Gasteiger partial charge in [-0.05, 0) is 65.1 Å². The number of benzene rings is 2. The molecule has 4 rings (SSSR count). The van der Waals surface area contributed by atoms with Gasteiger partial charge in [0.1, 0.15) is 17.2 Å². The molecular formula is C23H22IN5O4. The molecule has 4 aromatic rings. The minimum absolute atomic E-state index is 0.0724. The summed E-state index contributed by atoms with van der Waals surface area (Å²) < 4.78 is 9.05. The normalized spacial score (nSPS) is 11.9. The number of hydrogen-bond donors (Lipinski definition) is 4. The molecule has 9 nitrogen and oxygen atoms in total. The summed E-state index contributed by atoms with van der Waals surface area (Å²) in [6, 6.07) is 16.8. The van der Waals surface area contributed by atoms with E-state index in [0.29, 0.717) is 17.4 Å². The third-order valence-electron chi connectivity index (χ3n) is 4.86. The Morgan fingerprint density at radius 1 is 1.15 bits per heavy atom. The number of hydrogen-bond acceptors (Lipinski definition) is 7. The van der Waals surface area contributed by atoms with Crippen molar-refractivity contribution in [2.45, 2.75) is 6.10 Å². The summed E-state index contributed by atoms with van der Waals surface area (Å²) >= 11 is 2.26. The van der Waals surface area contributed by atoms with Gasteiger partial charge in [0.25, 0.3) is 5.91 Å². The van der Waals surface area contributed by atoms with Gasteiger partial charge in [-0.3, -0.25) is 9.78 Å². The van der Waals surface area contributed by atoms with Crippen molar-refractivity contribution >= 4 is 51.2 Å². The van der Waals surface area contributed by atoms with Crippen molar-refractivity contribution < 1.29 is 19.7 Å². The molecule has 0 bridgehead atoms. The highest BCUT2D eigenvalue weighted by atomic mass is 127. The fraction of sp³-hybridized carbons (Fsp3) is 0.174. The number of aliphatic hydroxyl groups excluding tert-OH is 2. The Balaban J connectivity index is 1.50. The maximum absolute atomic E-state index is 12.2. The average molecular weight is 559 g/mol. The van der Waals surface area contributed by atoms with Gasteiger partial charge in [0.05, 0.1) is 23.7 Å². The number of ether oxygens (including phenoxy) is 1. The summed E-state index contributed by atoms with van der Waals surface area (Å²) in [5.74, 6) is 1.23. The van der Waals surface area contributed by atoms with Crippen LogP contribution in [0.4, 0.5) is 11.6 Å². The fourth-order valence-electron chi connectivity index (χ4n) is 3.12. The molecule has 2 aromatic heterocycles. The third kappa shape index (κ3) is 5.59. The number of nitrogens with one attached hydrogen (secondary N) is 2. The molecule has 170 valence electrons. The number of halogens is 1. The van der Waals surface area contributed by atoms with Crippen molar-refractivity contribution in [3.05, 3.63) is 70.1 Å². The Morgan fingerprint density at radius 3 is 2.67 bits per heavy atom. The molecule has 10 heteroatoms. The van der Waals surface area contributed by atoms with E-state index in [1.54, 1.807) is 6.07 Å². The maximum atomic E-state index is 12.2. The number of carbonyl (C=O) groups is 1. The van der Waals surface area contributed by atoms with Gasteiger partial charge in [-0.1, -0.05) is 0 Å². The molecule has 0 aliphatic rings. The zero-order chi connectivity index (χ0) is 23.4. The molecule has 0 fully saturated rings. The van der Waals surface area contributed by atoms with Crippen LogP contribution in [0.3, 0.4) is 0 Å². The van der Waals surface area contributed by atoms with Crippen LogP contribution in [0.25, 0.3) is 11.0 Å². The van der Waals surface area contributed by atoms with Crippen molar-refractivity contribution in [1.29, 1.82) is 0 Å². The molecule has 1 amide bonds. The SMILES string of the molecule is Cn1c(Nc2ccc(I)cc2)nc2cc(Oc3ccnc(C(=O)NCC(O)CO)c3)ccc21. The Kier molecular flexibility index (Phi) is 7.06. The number of amides is 1. The lowest BCUT2D eigenvalue weighted by molar-refractivity contribution is 0.0798. The predicted octanol–water partition coefficient (Wildman–Crippen LogP) is 3.19. The smallest absolute Gasteiger partial charge is 0.270 e. The zero-order valence-electron chi connectivity index (χ0n) is 17.7. The second-order valence-electron chi connectivity index (χ2n) is 7.30. The van der Waals surface area contributed by atoms with E-state index >= 15 is 0 Å². The Bertz CT molecular complexity index is 1280. The highest BCUT2D eigenvalue weighted by molar-refractivity contribution is 14.1.